The molecule has 1 heterocycles. The Balaban J connectivity index is 2.58. The Morgan fingerprint density at radius 1 is 1.13 bits per heavy atom. The third-order valence-electron chi connectivity index (χ3n) is 3.41. The zero-order chi connectivity index (χ0) is 11.3. The van der Waals surface area contributed by atoms with Crippen molar-refractivity contribution in [2.45, 2.75) is 59.0 Å². The van der Waals surface area contributed by atoms with Crippen molar-refractivity contribution >= 4 is 0 Å². The number of nitrogens with one attached hydrogen (secondary N) is 1. The number of nitrogens with zero attached hydrogens (tertiary/aromatic N) is 2. The topological polar surface area (TPSA) is 51.0 Å². The molecule has 0 spiro atoms. The van der Waals surface area contributed by atoms with Crippen molar-refractivity contribution < 1.29 is 4.63 Å². The molecule has 0 unspecified atom stereocenters. The van der Waals surface area contributed by atoms with E-state index in [-0.39, 0.29) is 5.54 Å². The van der Waals surface area contributed by atoms with E-state index in [1.807, 2.05) is 6.92 Å². The lowest BCUT2D eigenvalue weighted by molar-refractivity contribution is 0.275. The molecule has 0 bridgehead atoms. The second-order valence-electron chi connectivity index (χ2n) is 3.99. The molecule has 0 radical (unpaired) electrons. The van der Waals surface area contributed by atoms with Crippen molar-refractivity contribution in [2.75, 3.05) is 0 Å². The van der Waals surface area contributed by atoms with Gasteiger partial charge in [0.05, 0.1) is 0 Å². The zero-order valence-electron chi connectivity index (χ0n) is 10.1. The van der Waals surface area contributed by atoms with Crippen LogP contribution in [0.4, 0.5) is 0 Å². The van der Waals surface area contributed by atoms with Gasteiger partial charge in [-0.05, 0) is 26.2 Å². The smallest absolute Gasteiger partial charge is 0.121 e. The fourth-order valence-electron chi connectivity index (χ4n) is 1.81. The highest BCUT2D eigenvalue weighted by molar-refractivity contribution is 5.05. The first-order valence-electron chi connectivity index (χ1n) is 5.70. The predicted octanol–water partition coefficient (Wildman–Crippen LogP) is 2.44. The second kappa shape index (κ2) is 5.26. The maximum Gasteiger partial charge on any atom is 0.121 e. The molecule has 0 aliphatic rings. The highest BCUT2D eigenvalue weighted by atomic mass is 16.6. The van der Waals surface area contributed by atoms with Gasteiger partial charge in [-0.1, -0.05) is 31.1 Å². The Bertz CT molecular complexity index is 284. The lowest BCUT2D eigenvalue weighted by Crippen LogP contribution is -2.43. The number of aromatic nitrogens is 2. The number of rotatable bonds is 6. The van der Waals surface area contributed by atoms with E-state index >= 15 is 0 Å². The van der Waals surface area contributed by atoms with Crippen LogP contribution in [0, 0.1) is 6.92 Å². The zero-order valence-corrected chi connectivity index (χ0v) is 10.1. The van der Waals surface area contributed by atoms with Gasteiger partial charge in [0.2, 0.25) is 0 Å². The number of aryl methyl sites for hydroxylation is 1. The first kappa shape index (κ1) is 12.2. The summed E-state index contributed by atoms with van der Waals surface area (Å²) in [7, 11) is 0. The van der Waals surface area contributed by atoms with Gasteiger partial charge in [0, 0.05) is 12.1 Å². The summed E-state index contributed by atoms with van der Waals surface area (Å²) in [5.41, 5.74) is 2.01. The summed E-state index contributed by atoms with van der Waals surface area (Å²) in [5.74, 6) is 0. The van der Waals surface area contributed by atoms with Crippen molar-refractivity contribution in [3.8, 4) is 0 Å². The summed E-state index contributed by atoms with van der Waals surface area (Å²) in [5, 5.41) is 11.2. The molecule has 0 aromatic carbocycles. The van der Waals surface area contributed by atoms with Gasteiger partial charge in [-0.25, -0.2) is 4.63 Å². The van der Waals surface area contributed by atoms with E-state index in [0.29, 0.717) is 0 Å². The van der Waals surface area contributed by atoms with Gasteiger partial charge in [0.25, 0.3) is 0 Å². The van der Waals surface area contributed by atoms with Crippen LogP contribution in [0.3, 0.4) is 0 Å². The Morgan fingerprint density at radius 3 is 2.13 bits per heavy atom. The minimum absolute atomic E-state index is 0.228. The van der Waals surface area contributed by atoms with Crippen LogP contribution in [0.1, 0.15) is 51.4 Å². The average molecular weight is 211 g/mol. The van der Waals surface area contributed by atoms with Crippen LogP contribution in [-0.4, -0.2) is 15.9 Å². The molecule has 0 aliphatic heterocycles. The maximum absolute atomic E-state index is 4.67. The molecule has 0 amide bonds. The van der Waals surface area contributed by atoms with Crippen molar-refractivity contribution in [1.29, 1.82) is 0 Å². The fourth-order valence-corrected chi connectivity index (χ4v) is 1.81. The van der Waals surface area contributed by atoms with Crippen LogP contribution in [-0.2, 0) is 6.54 Å². The van der Waals surface area contributed by atoms with Crippen molar-refractivity contribution in [3.63, 3.8) is 0 Å². The van der Waals surface area contributed by atoms with Crippen molar-refractivity contribution in [1.82, 2.24) is 15.6 Å². The average Bonchev–Trinajstić information content (AvgIpc) is 2.67. The van der Waals surface area contributed by atoms with E-state index in [9.17, 15) is 0 Å². The molecule has 1 aromatic heterocycles. The molecule has 0 aliphatic carbocycles. The lowest BCUT2D eigenvalue weighted by Gasteiger charge is -2.31. The third-order valence-corrected chi connectivity index (χ3v) is 3.41. The van der Waals surface area contributed by atoms with Gasteiger partial charge in [-0.3, -0.25) is 0 Å². The van der Waals surface area contributed by atoms with E-state index in [0.717, 1.165) is 37.2 Å². The first-order chi connectivity index (χ1) is 7.17. The van der Waals surface area contributed by atoms with E-state index in [4.69, 9.17) is 0 Å². The molecule has 0 atom stereocenters. The molecule has 1 rings (SSSR count). The standard InChI is InChI=1S/C11H21N3O/c1-5-11(6-2,7-3)12-8-10-9(4)13-15-14-10/h12H,5-8H2,1-4H3. The summed E-state index contributed by atoms with van der Waals surface area (Å²) in [6.07, 6.45) is 3.39. The SMILES string of the molecule is CCC(CC)(CC)NCc1nonc1C. The summed E-state index contributed by atoms with van der Waals surface area (Å²) in [4.78, 5) is 0. The van der Waals surface area contributed by atoms with Gasteiger partial charge in [-0.15, -0.1) is 0 Å². The second-order valence-corrected chi connectivity index (χ2v) is 3.99. The fraction of sp³-hybridized carbons (Fsp3) is 0.818. The molecule has 4 nitrogen and oxygen atoms in total. The Kier molecular flexibility index (Phi) is 4.27. The summed E-state index contributed by atoms with van der Waals surface area (Å²) >= 11 is 0. The van der Waals surface area contributed by atoms with Crippen LogP contribution in [0.25, 0.3) is 0 Å². The molecule has 1 N–H and O–H groups in total. The third kappa shape index (κ3) is 2.78. The normalized spacial score (nSPS) is 12.0. The van der Waals surface area contributed by atoms with Crippen LogP contribution < -0.4 is 5.32 Å². The van der Waals surface area contributed by atoms with Gasteiger partial charge in [0.15, 0.2) is 0 Å². The van der Waals surface area contributed by atoms with Crippen LogP contribution in [0.5, 0.6) is 0 Å². The molecule has 0 saturated heterocycles. The molecular weight excluding hydrogens is 190 g/mol. The van der Waals surface area contributed by atoms with Crippen LogP contribution >= 0.6 is 0 Å². The van der Waals surface area contributed by atoms with E-state index in [1.165, 1.54) is 0 Å². The minimum atomic E-state index is 0.228. The molecule has 1 aromatic rings. The van der Waals surface area contributed by atoms with Crippen LogP contribution in [0.15, 0.2) is 4.63 Å². The van der Waals surface area contributed by atoms with Crippen molar-refractivity contribution in [3.05, 3.63) is 11.4 Å². The summed E-state index contributed by atoms with van der Waals surface area (Å²) in [6, 6.07) is 0. The van der Waals surface area contributed by atoms with Crippen molar-refractivity contribution in [2.24, 2.45) is 0 Å². The van der Waals surface area contributed by atoms with Gasteiger partial charge < -0.3 is 5.32 Å². The van der Waals surface area contributed by atoms with Gasteiger partial charge >= 0.3 is 0 Å². The van der Waals surface area contributed by atoms with E-state index in [1.54, 1.807) is 0 Å². The van der Waals surface area contributed by atoms with Gasteiger partial charge in [0.1, 0.15) is 11.4 Å². The summed E-state index contributed by atoms with van der Waals surface area (Å²) in [6.45, 7) is 9.31. The molecule has 4 heteroatoms. The molecule has 0 fully saturated rings. The number of hydrogen-bond acceptors (Lipinski definition) is 4. The quantitative estimate of drug-likeness (QED) is 0.785. The Labute approximate surface area is 91.4 Å². The Morgan fingerprint density at radius 2 is 1.73 bits per heavy atom. The molecule has 86 valence electrons. The lowest BCUT2D eigenvalue weighted by atomic mass is 9.90. The Hall–Kier alpha value is -0.900. The van der Waals surface area contributed by atoms with E-state index < -0.39 is 0 Å². The minimum Gasteiger partial charge on any atom is -0.305 e. The molecular formula is C11H21N3O. The summed E-state index contributed by atoms with van der Waals surface area (Å²) < 4.78 is 4.67. The van der Waals surface area contributed by atoms with E-state index in [2.05, 4.69) is 41.0 Å². The largest absolute Gasteiger partial charge is 0.305 e. The first-order valence-corrected chi connectivity index (χ1v) is 5.70. The monoisotopic (exact) mass is 211 g/mol. The number of hydrogen-bond donors (Lipinski definition) is 1. The highest BCUT2D eigenvalue weighted by Crippen LogP contribution is 2.19. The highest BCUT2D eigenvalue weighted by Gasteiger charge is 2.23. The maximum atomic E-state index is 4.67. The molecule has 15 heavy (non-hydrogen) atoms. The predicted molar refractivity (Wildman–Crippen MR) is 59.5 cm³/mol. The van der Waals surface area contributed by atoms with Crippen LogP contribution in [0.2, 0.25) is 0 Å². The van der Waals surface area contributed by atoms with Gasteiger partial charge in [-0.2, -0.15) is 0 Å². The molecule has 0 saturated carbocycles.